The molecule has 2 aliphatic rings. The number of fused-ring (bicyclic) bond motifs is 1. The Labute approximate surface area is 285 Å². The molecule has 4 heterocycles. The second kappa shape index (κ2) is 13.4. The minimum atomic E-state index is -0.546. The predicted molar refractivity (Wildman–Crippen MR) is 182 cm³/mol. The number of hydrazine groups is 2. The lowest BCUT2D eigenvalue weighted by Crippen LogP contribution is -2.50. The van der Waals surface area contributed by atoms with Crippen LogP contribution in [0.5, 0.6) is 0 Å². The number of benzene rings is 2. The third kappa shape index (κ3) is 7.31. The fourth-order valence-electron chi connectivity index (χ4n) is 5.46. The molecule has 0 spiro atoms. The SMILES string of the molecule is CC(C)(C)OC(=O)N1CCC(N2C=C([C@@H](Nc3cc(Cl)c4ncc(C#N)c(Nc5ccc(F)c(Cl)c5)c4c3)c3cncs3)NN2)CC1. The fourth-order valence-corrected chi connectivity index (χ4v) is 6.59. The van der Waals surface area contributed by atoms with E-state index in [2.05, 4.69) is 37.6 Å². The van der Waals surface area contributed by atoms with Gasteiger partial charge in [0.05, 0.1) is 42.9 Å². The molecule has 1 saturated heterocycles. The summed E-state index contributed by atoms with van der Waals surface area (Å²) in [6.45, 7) is 6.77. The lowest BCUT2D eigenvalue weighted by Gasteiger charge is -2.36. The quantitative estimate of drug-likeness (QED) is 0.154. The molecule has 0 radical (unpaired) electrons. The number of likely N-dealkylation sites (tertiary alicyclic amines) is 1. The van der Waals surface area contributed by atoms with Crippen LogP contribution in [0.1, 0.15) is 50.1 Å². The highest BCUT2D eigenvalue weighted by molar-refractivity contribution is 7.09. The standard InChI is InChI=1S/C32H32Cl2FN9O2S/c1-32(2,3)46-31(45)43-8-6-21(7-9-43)44-16-26(41-42-44)30(27-15-37-17-47-27)40-20-10-22-28(39-19-4-5-25(35)23(33)11-19)18(13-36)14-38-29(22)24(34)12-20/h4-5,10-12,14-17,21,30,40-42H,6-9H2,1-3H3,(H,38,39)/t30-/m1/s1. The summed E-state index contributed by atoms with van der Waals surface area (Å²) in [5, 5.41) is 19.6. The van der Waals surface area contributed by atoms with Gasteiger partial charge in [-0.05, 0) is 63.9 Å². The summed E-state index contributed by atoms with van der Waals surface area (Å²) >= 11 is 14.3. The van der Waals surface area contributed by atoms with Gasteiger partial charge in [0.15, 0.2) is 0 Å². The number of hydrogen-bond acceptors (Lipinski definition) is 11. The first-order valence-electron chi connectivity index (χ1n) is 14.9. The largest absolute Gasteiger partial charge is 0.444 e. The molecule has 0 aliphatic carbocycles. The van der Waals surface area contributed by atoms with Crippen LogP contribution >= 0.6 is 34.5 Å². The number of nitriles is 1. The maximum atomic E-state index is 13.8. The number of amides is 1. The van der Waals surface area contributed by atoms with Gasteiger partial charge in [-0.15, -0.1) is 16.9 Å². The summed E-state index contributed by atoms with van der Waals surface area (Å²) in [4.78, 5) is 24.0. The number of nitrogens with one attached hydrogen (secondary N) is 4. The molecule has 11 nitrogen and oxygen atoms in total. The van der Waals surface area contributed by atoms with Crippen molar-refractivity contribution in [2.75, 3.05) is 23.7 Å². The Morgan fingerprint density at radius 2 is 1.94 bits per heavy atom. The molecule has 2 aromatic carbocycles. The molecule has 0 bridgehead atoms. The third-order valence-corrected chi connectivity index (χ3v) is 9.13. The third-order valence-electron chi connectivity index (χ3n) is 7.71. The number of rotatable bonds is 7. The van der Waals surface area contributed by atoms with Crippen molar-refractivity contribution in [2.24, 2.45) is 0 Å². The van der Waals surface area contributed by atoms with Gasteiger partial charge in [0, 0.05) is 54.5 Å². The molecule has 1 amide bonds. The number of aromatic nitrogens is 2. The van der Waals surface area contributed by atoms with Gasteiger partial charge >= 0.3 is 6.09 Å². The zero-order valence-corrected chi connectivity index (χ0v) is 28.1. The van der Waals surface area contributed by atoms with Crippen molar-refractivity contribution in [2.45, 2.75) is 51.3 Å². The van der Waals surface area contributed by atoms with Crippen molar-refractivity contribution in [3.63, 3.8) is 0 Å². The maximum Gasteiger partial charge on any atom is 0.410 e. The summed E-state index contributed by atoms with van der Waals surface area (Å²) in [5.74, 6) is -0.546. The lowest BCUT2D eigenvalue weighted by atomic mass is 10.0. The maximum absolute atomic E-state index is 13.8. The molecular weight excluding hydrogens is 664 g/mol. The Bertz CT molecular complexity index is 1870. The van der Waals surface area contributed by atoms with Crippen LogP contribution in [0.4, 0.5) is 26.2 Å². The van der Waals surface area contributed by atoms with E-state index in [9.17, 15) is 14.4 Å². The highest BCUT2D eigenvalue weighted by Gasteiger charge is 2.32. The molecule has 0 unspecified atom stereocenters. The monoisotopic (exact) mass is 695 g/mol. The van der Waals surface area contributed by atoms with Crippen LogP contribution in [0, 0.1) is 17.1 Å². The molecule has 0 saturated carbocycles. The molecule has 6 rings (SSSR count). The summed E-state index contributed by atoms with van der Waals surface area (Å²) in [7, 11) is 0. The number of ether oxygens (including phenoxy) is 1. The number of pyridine rings is 1. The Hall–Kier alpha value is -4.35. The first-order valence-corrected chi connectivity index (χ1v) is 16.5. The van der Waals surface area contributed by atoms with Crippen molar-refractivity contribution >= 4 is 68.6 Å². The number of anilines is 3. The van der Waals surface area contributed by atoms with Crippen LogP contribution in [0.15, 0.2) is 60.1 Å². The Kier molecular flexibility index (Phi) is 9.29. The van der Waals surface area contributed by atoms with E-state index in [1.54, 1.807) is 22.7 Å². The van der Waals surface area contributed by atoms with Gasteiger partial charge in [-0.2, -0.15) is 5.26 Å². The molecule has 15 heteroatoms. The number of carbonyl (C=O) groups is 1. The van der Waals surface area contributed by atoms with Gasteiger partial charge in [-0.3, -0.25) is 15.0 Å². The average Bonchev–Trinajstić information content (AvgIpc) is 3.75. The number of nitrogens with zero attached hydrogens (tertiary/aromatic N) is 5. The number of thiazole rings is 1. The minimum absolute atomic E-state index is 0.0479. The van der Waals surface area contributed by atoms with E-state index in [-0.39, 0.29) is 28.8 Å². The molecule has 47 heavy (non-hydrogen) atoms. The van der Waals surface area contributed by atoms with E-state index < -0.39 is 11.4 Å². The van der Waals surface area contributed by atoms with Crippen molar-refractivity contribution in [1.82, 2.24) is 30.8 Å². The summed E-state index contributed by atoms with van der Waals surface area (Å²) < 4.78 is 19.4. The minimum Gasteiger partial charge on any atom is -0.444 e. The first-order chi connectivity index (χ1) is 22.5. The Morgan fingerprint density at radius 3 is 2.62 bits per heavy atom. The van der Waals surface area contributed by atoms with E-state index in [1.165, 1.54) is 35.7 Å². The summed E-state index contributed by atoms with van der Waals surface area (Å²) in [6, 6.07) is 9.87. The Morgan fingerprint density at radius 1 is 1.17 bits per heavy atom. The van der Waals surface area contributed by atoms with E-state index in [1.807, 2.05) is 38.0 Å². The average molecular weight is 697 g/mol. The normalized spacial score (nSPS) is 16.0. The molecule has 4 N–H and O–H groups in total. The van der Waals surface area contributed by atoms with Crippen molar-refractivity contribution < 1.29 is 13.9 Å². The topological polar surface area (TPSA) is 130 Å². The van der Waals surface area contributed by atoms with Gasteiger partial charge in [0.1, 0.15) is 23.5 Å². The first kappa shape index (κ1) is 32.6. The number of piperidine rings is 1. The molecular formula is C32H32Cl2FN9O2S. The van der Waals surface area contributed by atoms with Crippen LogP contribution in [0.25, 0.3) is 10.9 Å². The van der Waals surface area contributed by atoms with Gasteiger partial charge in [-0.25, -0.2) is 9.18 Å². The second-order valence-electron chi connectivity index (χ2n) is 12.2. The van der Waals surface area contributed by atoms with Crippen LogP contribution in [-0.2, 0) is 4.74 Å². The van der Waals surface area contributed by atoms with Crippen molar-refractivity contribution in [3.8, 4) is 6.07 Å². The number of carbonyl (C=O) groups excluding carboxylic acids is 1. The van der Waals surface area contributed by atoms with E-state index in [0.717, 1.165) is 23.4 Å². The molecule has 244 valence electrons. The van der Waals surface area contributed by atoms with Gasteiger partial charge in [0.2, 0.25) is 0 Å². The smallest absolute Gasteiger partial charge is 0.410 e. The van der Waals surface area contributed by atoms with Gasteiger partial charge < -0.3 is 25.7 Å². The van der Waals surface area contributed by atoms with Gasteiger partial charge in [-0.1, -0.05) is 23.2 Å². The zero-order valence-electron chi connectivity index (χ0n) is 25.8. The van der Waals surface area contributed by atoms with Crippen LogP contribution in [-0.4, -0.2) is 50.7 Å². The number of halogens is 3. The predicted octanol–water partition coefficient (Wildman–Crippen LogP) is 7.47. The zero-order chi connectivity index (χ0) is 33.3. The highest BCUT2D eigenvalue weighted by atomic mass is 35.5. The van der Waals surface area contributed by atoms with Crippen LogP contribution in [0.3, 0.4) is 0 Å². The fraction of sp³-hybridized carbons (Fsp3) is 0.312. The van der Waals surface area contributed by atoms with E-state index >= 15 is 0 Å². The molecule has 2 aromatic heterocycles. The lowest BCUT2D eigenvalue weighted by molar-refractivity contribution is 0.0144. The highest BCUT2D eigenvalue weighted by Crippen LogP contribution is 2.38. The Balaban J connectivity index is 1.26. The van der Waals surface area contributed by atoms with Gasteiger partial charge in [0.25, 0.3) is 0 Å². The molecule has 1 atom stereocenters. The molecule has 1 fully saturated rings. The van der Waals surface area contributed by atoms with Crippen LogP contribution < -0.4 is 21.6 Å². The summed E-state index contributed by atoms with van der Waals surface area (Å²) in [5.41, 5.74) is 11.1. The molecule has 4 aromatic rings. The molecule has 2 aliphatic heterocycles. The van der Waals surface area contributed by atoms with Crippen molar-refractivity contribution in [3.05, 3.63) is 86.4 Å². The summed E-state index contributed by atoms with van der Waals surface area (Å²) in [6.07, 6.45) is 6.50. The second-order valence-corrected chi connectivity index (χ2v) is 13.9. The van der Waals surface area contributed by atoms with E-state index in [0.29, 0.717) is 46.1 Å². The number of hydrogen-bond donors (Lipinski definition) is 4. The van der Waals surface area contributed by atoms with Crippen molar-refractivity contribution in [1.29, 1.82) is 5.26 Å². The van der Waals surface area contributed by atoms with E-state index in [4.69, 9.17) is 27.9 Å². The van der Waals surface area contributed by atoms with Crippen LogP contribution in [0.2, 0.25) is 10.0 Å².